The van der Waals surface area contributed by atoms with Crippen LogP contribution in [0.5, 0.6) is 0 Å². The summed E-state index contributed by atoms with van der Waals surface area (Å²) in [7, 11) is 0. The Hall–Kier alpha value is -1.06. The van der Waals surface area contributed by atoms with Crippen LogP contribution in [0.2, 0.25) is 0 Å². The molecule has 66 valence electrons. The lowest BCUT2D eigenvalue weighted by molar-refractivity contribution is -0.146. The van der Waals surface area contributed by atoms with Gasteiger partial charge >= 0.3 is 5.97 Å². The van der Waals surface area contributed by atoms with E-state index in [0.717, 1.165) is 12.8 Å². The number of nitrogens with one attached hydrogen (secondary N) is 1. The van der Waals surface area contributed by atoms with E-state index in [9.17, 15) is 9.59 Å². The summed E-state index contributed by atoms with van der Waals surface area (Å²) in [5.74, 6) is -1.40. The molecular formula is C8H11NO3. The molecule has 2 N–H and O–H groups in total. The highest BCUT2D eigenvalue weighted by Gasteiger charge is 2.50. The van der Waals surface area contributed by atoms with E-state index in [-0.39, 0.29) is 17.9 Å². The van der Waals surface area contributed by atoms with Crippen molar-refractivity contribution in [1.29, 1.82) is 0 Å². The summed E-state index contributed by atoms with van der Waals surface area (Å²) in [6.45, 7) is 0. The molecule has 0 bridgehead atoms. The number of rotatable bonds is 1. The molecule has 12 heavy (non-hydrogen) atoms. The molecule has 2 aliphatic rings. The molecule has 1 atom stereocenters. The Morgan fingerprint density at radius 2 is 2.25 bits per heavy atom. The zero-order valence-electron chi connectivity index (χ0n) is 6.67. The maximum Gasteiger partial charge on any atom is 0.307 e. The molecule has 1 aliphatic heterocycles. The Morgan fingerprint density at radius 3 is 2.75 bits per heavy atom. The summed E-state index contributed by atoms with van der Waals surface area (Å²) >= 11 is 0. The number of amides is 1. The Kier molecular flexibility index (Phi) is 1.40. The van der Waals surface area contributed by atoms with Crippen LogP contribution in [0, 0.1) is 5.92 Å². The number of carbonyl (C=O) groups is 2. The number of carbonyl (C=O) groups excluding carboxylic acids is 1. The number of aliphatic carboxylic acids is 1. The van der Waals surface area contributed by atoms with Gasteiger partial charge < -0.3 is 10.4 Å². The van der Waals surface area contributed by atoms with Gasteiger partial charge in [-0.25, -0.2) is 0 Å². The maximum absolute atomic E-state index is 11.1. The Labute approximate surface area is 69.9 Å². The molecule has 4 nitrogen and oxygen atoms in total. The standard InChI is InChI=1S/C8H11NO3/c10-6-3-5(7(11)12)4-8(9-6)1-2-8/h5H,1-4H2,(H,9,10)(H,11,12). The smallest absolute Gasteiger partial charge is 0.307 e. The molecule has 1 unspecified atom stereocenters. The van der Waals surface area contributed by atoms with Crippen LogP contribution in [-0.4, -0.2) is 22.5 Å². The first kappa shape index (κ1) is 7.58. The molecule has 1 saturated heterocycles. The first-order valence-corrected chi connectivity index (χ1v) is 4.15. The highest BCUT2D eigenvalue weighted by Crippen LogP contribution is 2.44. The van der Waals surface area contributed by atoms with Crippen LogP contribution in [0.1, 0.15) is 25.7 Å². The van der Waals surface area contributed by atoms with Crippen LogP contribution in [0.15, 0.2) is 0 Å². The summed E-state index contributed by atoms with van der Waals surface area (Å²) in [5.41, 5.74) is -0.127. The van der Waals surface area contributed by atoms with E-state index in [1.54, 1.807) is 0 Å². The van der Waals surface area contributed by atoms with Crippen LogP contribution in [-0.2, 0) is 9.59 Å². The molecule has 0 aromatic heterocycles. The van der Waals surface area contributed by atoms with Crippen LogP contribution < -0.4 is 5.32 Å². The lowest BCUT2D eigenvalue weighted by atomic mass is 9.90. The van der Waals surface area contributed by atoms with E-state index < -0.39 is 11.9 Å². The number of carboxylic acid groups (broad SMARTS) is 1. The average molecular weight is 169 g/mol. The van der Waals surface area contributed by atoms with Gasteiger partial charge in [0.2, 0.25) is 5.91 Å². The van der Waals surface area contributed by atoms with Gasteiger partial charge in [-0.15, -0.1) is 0 Å². The highest BCUT2D eigenvalue weighted by molar-refractivity contribution is 5.84. The lowest BCUT2D eigenvalue weighted by Crippen LogP contribution is -2.46. The highest BCUT2D eigenvalue weighted by atomic mass is 16.4. The number of hydrogen-bond donors (Lipinski definition) is 2. The number of carboxylic acids is 1. The van der Waals surface area contributed by atoms with E-state index in [1.165, 1.54) is 0 Å². The summed E-state index contributed by atoms with van der Waals surface area (Å²) < 4.78 is 0. The lowest BCUT2D eigenvalue weighted by Gasteiger charge is -2.27. The van der Waals surface area contributed by atoms with E-state index >= 15 is 0 Å². The molecular weight excluding hydrogens is 158 g/mol. The predicted octanol–water partition coefficient (Wildman–Crippen LogP) is 0.130. The van der Waals surface area contributed by atoms with E-state index in [0.29, 0.717) is 6.42 Å². The molecule has 1 aliphatic carbocycles. The van der Waals surface area contributed by atoms with Crippen LogP contribution >= 0.6 is 0 Å². The average Bonchev–Trinajstić information content (AvgIpc) is 2.67. The fourth-order valence-electron chi connectivity index (χ4n) is 1.82. The molecule has 2 fully saturated rings. The van der Waals surface area contributed by atoms with E-state index in [4.69, 9.17) is 5.11 Å². The topological polar surface area (TPSA) is 66.4 Å². The molecule has 2 rings (SSSR count). The quantitative estimate of drug-likeness (QED) is 0.586. The van der Waals surface area contributed by atoms with Gasteiger partial charge in [-0.1, -0.05) is 0 Å². The Morgan fingerprint density at radius 1 is 1.58 bits per heavy atom. The van der Waals surface area contributed by atoms with Crippen molar-refractivity contribution < 1.29 is 14.7 Å². The van der Waals surface area contributed by atoms with Gasteiger partial charge in [-0.05, 0) is 19.3 Å². The molecule has 1 heterocycles. The number of hydrogen-bond acceptors (Lipinski definition) is 2. The van der Waals surface area contributed by atoms with Gasteiger partial charge in [0.25, 0.3) is 0 Å². The zero-order valence-corrected chi connectivity index (χ0v) is 6.67. The summed E-state index contributed by atoms with van der Waals surface area (Å²) in [6.07, 6.45) is 2.66. The third-order valence-electron chi connectivity index (χ3n) is 2.68. The Bertz CT molecular complexity index is 245. The second-order valence-corrected chi connectivity index (χ2v) is 3.77. The maximum atomic E-state index is 11.1. The molecule has 0 aromatic carbocycles. The second kappa shape index (κ2) is 2.21. The van der Waals surface area contributed by atoms with Gasteiger partial charge in [-0.3, -0.25) is 9.59 Å². The predicted molar refractivity (Wildman–Crippen MR) is 40.5 cm³/mol. The summed E-state index contributed by atoms with van der Waals surface area (Å²) in [5, 5.41) is 11.6. The minimum Gasteiger partial charge on any atom is -0.481 e. The van der Waals surface area contributed by atoms with Crippen molar-refractivity contribution in [1.82, 2.24) is 5.32 Å². The van der Waals surface area contributed by atoms with Gasteiger partial charge in [-0.2, -0.15) is 0 Å². The third-order valence-corrected chi connectivity index (χ3v) is 2.68. The minimum absolute atomic E-state index is 0.105. The molecule has 0 aromatic rings. The van der Waals surface area contributed by atoms with Crippen LogP contribution in [0.4, 0.5) is 0 Å². The Balaban J connectivity index is 2.09. The van der Waals surface area contributed by atoms with Crippen molar-refractivity contribution >= 4 is 11.9 Å². The normalized spacial score (nSPS) is 31.3. The first-order chi connectivity index (χ1) is 5.61. The third kappa shape index (κ3) is 1.17. The van der Waals surface area contributed by atoms with E-state index in [1.807, 2.05) is 0 Å². The second-order valence-electron chi connectivity index (χ2n) is 3.77. The monoisotopic (exact) mass is 169 g/mol. The van der Waals surface area contributed by atoms with E-state index in [2.05, 4.69) is 5.32 Å². The fourth-order valence-corrected chi connectivity index (χ4v) is 1.82. The molecule has 1 amide bonds. The largest absolute Gasteiger partial charge is 0.481 e. The molecule has 4 heteroatoms. The van der Waals surface area contributed by atoms with Gasteiger partial charge in [0.05, 0.1) is 5.92 Å². The van der Waals surface area contributed by atoms with Crippen LogP contribution in [0.25, 0.3) is 0 Å². The molecule has 1 spiro atoms. The van der Waals surface area contributed by atoms with Crippen molar-refractivity contribution in [2.75, 3.05) is 0 Å². The van der Waals surface area contributed by atoms with Gasteiger partial charge in [0.15, 0.2) is 0 Å². The fraction of sp³-hybridized carbons (Fsp3) is 0.750. The first-order valence-electron chi connectivity index (χ1n) is 4.15. The van der Waals surface area contributed by atoms with Crippen molar-refractivity contribution in [2.24, 2.45) is 5.92 Å². The molecule has 0 radical (unpaired) electrons. The molecule has 1 saturated carbocycles. The summed E-state index contributed by atoms with van der Waals surface area (Å²) in [6, 6.07) is 0. The van der Waals surface area contributed by atoms with Crippen molar-refractivity contribution in [3.05, 3.63) is 0 Å². The van der Waals surface area contributed by atoms with Crippen molar-refractivity contribution in [3.8, 4) is 0 Å². The SMILES string of the molecule is O=C1CC(C(=O)O)CC2(CC2)N1. The van der Waals surface area contributed by atoms with Crippen molar-refractivity contribution in [2.45, 2.75) is 31.2 Å². The van der Waals surface area contributed by atoms with Gasteiger partial charge in [0, 0.05) is 12.0 Å². The minimum atomic E-state index is -0.837. The summed E-state index contributed by atoms with van der Waals surface area (Å²) in [4.78, 5) is 21.7. The zero-order chi connectivity index (χ0) is 8.77. The van der Waals surface area contributed by atoms with Gasteiger partial charge in [0.1, 0.15) is 0 Å². The van der Waals surface area contributed by atoms with Crippen LogP contribution in [0.3, 0.4) is 0 Å². The number of piperidine rings is 1. The van der Waals surface area contributed by atoms with Crippen molar-refractivity contribution in [3.63, 3.8) is 0 Å².